The average molecular weight is 382 g/mol. The monoisotopic (exact) mass is 380 g/mol. The number of fused-ring (bicyclic) bond motifs is 1. The van der Waals surface area contributed by atoms with Gasteiger partial charge in [0.25, 0.3) is 5.89 Å². The fourth-order valence-electron chi connectivity index (χ4n) is 2.20. The van der Waals surface area contributed by atoms with Gasteiger partial charge in [-0.05, 0) is 36.4 Å². The van der Waals surface area contributed by atoms with Crippen LogP contribution in [0.5, 0.6) is 0 Å². The van der Waals surface area contributed by atoms with Crippen LogP contribution in [0.25, 0.3) is 32.3 Å². The van der Waals surface area contributed by atoms with E-state index in [2.05, 4.69) is 10.2 Å². The topological polar surface area (TPSA) is 38.9 Å². The quantitative estimate of drug-likeness (QED) is 0.394. The van der Waals surface area contributed by atoms with E-state index in [1.54, 1.807) is 18.2 Å². The zero-order valence-electron chi connectivity index (χ0n) is 11.4. The van der Waals surface area contributed by atoms with E-state index in [1.165, 1.54) is 11.3 Å². The lowest BCUT2D eigenvalue weighted by Gasteiger charge is -1.94. The molecule has 2 aromatic heterocycles. The Balaban J connectivity index is 1.80. The van der Waals surface area contributed by atoms with Crippen molar-refractivity contribution in [2.24, 2.45) is 0 Å². The zero-order chi connectivity index (χ0) is 16.0. The second-order valence-corrected chi connectivity index (χ2v) is 7.11. The fraction of sp³-hybridized carbons (Fsp3) is 0. The van der Waals surface area contributed by atoms with Crippen molar-refractivity contribution in [2.45, 2.75) is 0 Å². The Kier molecular flexibility index (Phi) is 3.77. The summed E-state index contributed by atoms with van der Waals surface area (Å²) in [6.45, 7) is 0. The molecule has 0 radical (unpaired) electrons. The van der Waals surface area contributed by atoms with E-state index < -0.39 is 0 Å². The largest absolute Gasteiger partial charge is 0.415 e. The molecule has 4 aromatic rings. The number of hydrogen-bond donors (Lipinski definition) is 0. The van der Waals surface area contributed by atoms with E-state index in [0.29, 0.717) is 26.8 Å². The molecule has 0 fully saturated rings. The van der Waals surface area contributed by atoms with Crippen molar-refractivity contribution in [2.75, 3.05) is 0 Å². The summed E-state index contributed by atoms with van der Waals surface area (Å²) in [5, 5.41) is 11.0. The summed E-state index contributed by atoms with van der Waals surface area (Å²) < 4.78 is 6.74. The lowest BCUT2D eigenvalue weighted by molar-refractivity contribution is 0.586. The molecular weight excluding hydrogens is 375 g/mol. The second-order valence-electron chi connectivity index (χ2n) is 4.80. The summed E-state index contributed by atoms with van der Waals surface area (Å²) in [7, 11) is 0. The van der Waals surface area contributed by atoms with Gasteiger partial charge in [-0.15, -0.1) is 21.5 Å². The molecule has 0 atom stereocenters. The molecule has 0 unspecified atom stereocenters. The van der Waals surface area contributed by atoms with Gasteiger partial charge in [0.2, 0.25) is 5.89 Å². The van der Waals surface area contributed by atoms with Crippen molar-refractivity contribution >= 4 is 56.2 Å². The van der Waals surface area contributed by atoms with Crippen molar-refractivity contribution in [1.29, 1.82) is 0 Å². The standard InChI is InChI=1S/C16H7Cl3N2OS/c17-9-3-1-8(2-4-9)15-20-21-16(22-15)14-13(19)11-6-5-10(18)7-12(11)23-14/h1-7H. The third-order valence-corrected chi connectivity index (χ3v) is 5.43. The maximum atomic E-state index is 6.44. The molecule has 0 aliphatic rings. The Bertz CT molecular complexity index is 1010. The van der Waals surface area contributed by atoms with Crippen LogP contribution in [0.4, 0.5) is 0 Å². The third kappa shape index (κ3) is 2.72. The van der Waals surface area contributed by atoms with Crippen molar-refractivity contribution in [3.8, 4) is 22.2 Å². The minimum Gasteiger partial charge on any atom is -0.415 e. The summed E-state index contributed by atoms with van der Waals surface area (Å²) in [6, 6.07) is 12.8. The molecule has 0 saturated heterocycles. The predicted molar refractivity (Wildman–Crippen MR) is 95.6 cm³/mol. The number of thiophene rings is 1. The lowest BCUT2D eigenvalue weighted by atomic mass is 10.2. The van der Waals surface area contributed by atoms with E-state index >= 15 is 0 Å². The molecule has 2 aromatic carbocycles. The molecule has 0 spiro atoms. The first-order valence-corrected chi connectivity index (χ1v) is 8.54. The van der Waals surface area contributed by atoms with E-state index in [1.807, 2.05) is 24.3 Å². The van der Waals surface area contributed by atoms with Gasteiger partial charge >= 0.3 is 0 Å². The molecule has 0 aliphatic carbocycles. The maximum absolute atomic E-state index is 6.44. The number of hydrogen-bond acceptors (Lipinski definition) is 4. The molecule has 0 N–H and O–H groups in total. The highest BCUT2D eigenvalue weighted by Gasteiger charge is 2.18. The van der Waals surface area contributed by atoms with Gasteiger partial charge in [-0.2, -0.15) is 0 Å². The SMILES string of the molecule is Clc1ccc(-c2nnc(-c3sc4cc(Cl)ccc4c3Cl)o2)cc1. The molecule has 3 nitrogen and oxygen atoms in total. The predicted octanol–water partition coefficient (Wildman–Crippen LogP) is 6.58. The molecule has 2 heterocycles. The lowest BCUT2D eigenvalue weighted by Crippen LogP contribution is -1.76. The van der Waals surface area contributed by atoms with Gasteiger partial charge in [0.15, 0.2) is 0 Å². The Morgan fingerprint density at radius 3 is 2.30 bits per heavy atom. The van der Waals surface area contributed by atoms with Crippen LogP contribution >= 0.6 is 46.1 Å². The molecule has 0 aliphatic heterocycles. The van der Waals surface area contributed by atoms with Crippen LogP contribution in [0, 0.1) is 0 Å². The van der Waals surface area contributed by atoms with Gasteiger partial charge in [0.1, 0.15) is 4.88 Å². The number of nitrogens with zero attached hydrogens (tertiary/aromatic N) is 2. The van der Waals surface area contributed by atoms with Crippen molar-refractivity contribution in [3.63, 3.8) is 0 Å². The fourth-order valence-corrected chi connectivity index (χ4v) is 4.04. The first kappa shape index (κ1) is 15.0. The molecule has 23 heavy (non-hydrogen) atoms. The Morgan fingerprint density at radius 2 is 1.52 bits per heavy atom. The van der Waals surface area contributed by atoms with Crippen LogP contribution in [0.3, 0.4) is 0 Å². The first-order valence-electron chi connectivity index (χ1n) is 6.59. The Morgan fingerprint density at radius 1 is 0.826 bits per heavy atom. The van der Waals surface area contributed by atoms with Crippen LogP contribution in [0.1, 0.15) is 0 Å². The highest BCUT2D eigenvalue weighted by molar-refractivity contribution is 7.23. The molecule has 7 heteroatoms. The van der Waals surface area contributed by atoms with E-state index in [0.717, 1.165) is 20.5 Å². The number of aromatic nitrogens is 2. The molecule has 114 valence electrons. The summed E-state index contributed by atoms with van der Waals surface area (Å²) in [4.78, 5) is 0.733. The molecular formula is C16H7Cl3N2OS. The van der Waals surface area contributed by atoms with Gasteiger partial charge < -0.3 is 4.42 Å². The number of halogens is 3. The highest BCUT2D eigenvalue weighted by Crippen LogP contribution is 2.42. The van der Waals surface area contributed by atoms with Crippen LogP contribution in [-0.4, -0.2) is 10.2 Å². The smallest absolute Gasteiger partial charge is 0.259 e. The number of rotatable bonds is 2. The van der Waals surface area contributed by atoms with Gasteiger partial charge in [0, 0.05) is 25.7 Å². The van der Waals surface area contributed by atoms with Gasteiger partial charge in [-0.1, -0.05) is 40.9 Å². The minimum absolute atomic E-state index is 0.386. The summed E-state index contributed by atoms with van der Waals surface area (Å²) in [5.41, 5.74) is 0.799. The van der Waals surface area contributed by atoms with Gasteiger partial charge in [-0.3, -0.25) is 0 Å². The molecule has 4 rings (SSSR count). The maximum Gasteiger partial charge on any atom is 0.259 e. The normalized spacial score (nSPS) is 11.3. The van der Waals surface area contributed by atoms with Crippen LogP contribution in [-0.2, 0) is 0 Å². The molecule has 0 amide bonds. The van der Waals surface area contributed by atoms with Crippen LogP contribution in [0.2, 0.25) is 15.1 Å². The van der Waals surface area contributed by atoms with Gasteiger partial charge in [0.05, 0.1) is 5.02 Å². The van der Waals surface area contributed by atoms with Crippen molar-refractivity contribution in [3.05, 3.63) is 57.5 Å². The Labute approximate surface area is 150 Å². The summed E-state index contributed by atoms with van der Waals surface area (Å²) in [6.07, 6.45) is 0. The van der Waals surface area contributed by atoms with Crippen molar-refractivity contribution < 1.29 is 4.42 Å². The first-order chi connectivity index (χ1) is 11.1. The third-order valence-electron chi connectivity index (χ3n) is 3.30. The van der Waals surface area contributed by atoms with Crippen LogP contribution < -0.4 is 0 Å². The Hall–Kier alpha value is -1.59. The highest BCUT2D eigenvalue weighted by atomic mass is 35.5. The van der Waals surface area contributed by atoms with Crippen molar-refractivity contribution in [1.82, 2.24) is 10.2 Å². The second kappa shape index (κ2) is 5.80. The van der Waals surface area contributed by atoms with E-state index in [4.69, 9.17) is 39.2 Å². The van der Waals surface area contributed by atoms with E-state index in [-0.39, 0.29) is 0 Å². The summed E-state index contributed by atoms with van der Waals surface area (Å²) in [5.74, 6) is 0.806. The minimum atomic E-state index is 0.386. The van der Waals surface area contributed by atoms with E-state index in [9.17, 15) is 0 Å². The molecule has 0 bridgehead atoms. The van der Waals surface area contributed by atoms with Crippen LogP contribution in [0.15, 0.2) is 46.9 Å². The average Bonchev–Trinajstić information content (AvgIpc) is 3.13. The number of benzene rings is 2. The molecule has 0 saturated carbocycles. The summed E-state index contributed by atoms with van der Waals surface area (Å²) >= 11 is 19.8. The van der Waals surface area contributed by atoms with Gasteiger partial charge in [-0.25, -0.2) is 0 Å². The zero-order valence-corrected chi connectivity index (χ0v) is 14.5.